The monoisotopic (exact) mass is 444 g/mol. The maximum Gasteiger partial charge on any atom is 0.276 e. The molecule has 2 aromatic rings. The van der Waals surface area contributed by atoms with E-state index in [-0.39, 0.29) is 42.0 Å². The lowest BCUT2D eigenvalue weighted by Gasteiger charge is -2.35. The number of hydrogen-bond acceptors (Lipinski definition) is 5. The van der Waals surface area contributed by atoms with E-state index in [1.807, 2.05) is 27.7 Å². The Balaban J connectivity index is 0.00000141. The number of amides is 1. The number of Topliss-reactive ketones (excluding diaryl/α,β-unsaturated/α-hetero) is 1. The lowest BCUT2D eigenvalue weighted by atomic mass is 10.0. The van der Waals surface area contributed by atoms with Gasteiger partial charge in [-0.3, -0.25) is 14.4 Å². The van der Waals surface area contributed by atoms with Crippen LogP contribution >= 0.6 is 0 Å². The summed E-state index contributed by atoms with van der Waals surface area (Å²) in [6.07, 6.45) is 1.19. The van der Waals surface area contributed by atoms with Gasteiger partial charge in [-0.1, -0.05) is 39.8 Å². The molecule has 0 bridgehead atoms. The highest BCUT2D eigenvalue weighted by atomic mass is 19.1. The first kappa shape index (κ1) is 23.7. The van der Waals surface area contributed by atoms with Gasteiger partial charge in [0, 0.05) is 12.6 Å². The number of fused-ring (bicyclic) bond motifs is 2. The van der Waals surface area contributed by atoms with Crippen molar-refractivity contribution in [1.82, 2.24) is 9.47 Å². The molecule has 4 rings (SSSR count). The first-order valence-corrected chi connectivity index (χ1v) is 11.0. The highest BCUT2D eigenvalue weighted by Crippen LogP contribution is 2.32. The Morgan fingerprint density at radius 3 is 2.50 bits per heavy atom. The van der Waals surface area contributed by atoms with Crippen LogP contribution in [0.25, 0.3) is 0 Å². The third-order valence-electron chi connectivity index (χ3n) is 5.80. The molecule has 2 aliphatic heterocycles. The Hall–Kier alpha value is -3.00. The molecule has 8 heteroatoms. The Bertz CT molecular complexity index is 1060. The maximum atomic E-state index is 13.0. The molecule has 1 amide bonds. The van der Waals surface area contributed by atoms with E-state index in [0.29, 0.717) is 13.0 Å². The molecule has 32 heavy (non-hydrogen) atoms. The van der Waals surface area contributed by atoms with E-state index < -0.39 is 29.1 Å². The minimum Gasteiger partial charge on any atom is -0.503 e. The van der Waals surface area contributed by atoms with E-state index in [0.717, 1.165) is 5.56 Å². The molecule has 1 aromatic carbocycles. The van der Waals surface area contributed by atoms with Gasteiger partial charge < -0.3 is 19.3 Å². The zero-order valence-corrected chi connectivity index (χ0v) is 18.8. The van der Waals surface area contributed by atoms with Gasteiger partial charge in [-0.05, 0) is 30.0 Å². The number of carbonyl (C=O) groups excluding carboxylic acids is 2. The number of rotatable bonds is 5. The molecule has 0 aliphatic carbocycles. The molecule has 1 N–H and O–H groups in total. The number of hydrogen-bond donors (Lipinski definition) is 1. The summed E-state index contributed by atoms with van der Waals surface area (Å²) in [5.74, 6) is -1.83. The molecule has 7 nitrogen and oxygen atoms in total. The van der Waals surface area contributed by atoms with Gasteiger partial charge in [-0.2, -0.15) is 0 Å². The van der Waals surface area contributed by atoms with Crippen LogP contribution in [0.5, 0.6) is 5.75 Å². The fourth-order valence-electron chi connectivity index (χ4n) is 4.07. The Labute approximate surface area is 186 Å². The van der Waals surface area contributed by atoms with Crippen molar-refractivity contribution in [2.75, 3.05) is 6.61 Å². The number of ketones is 1. The van der Waals surface area contributed by atoms with Gasteiger partial charge in [0.1, 0.15) is 5.82 Å². The van der Waals surface area contributed by atoms with Crippen LogP contribution in [0.3, 0.4) is 0 Å². The number of benzene rings is 1. The third kappa shape index (κ3) is 4.32. The summed E-state index contributed by atoms with van der Waals surface area (Å²) in [7, 11) is 0. The number of pyridine rings is 1. The maximum absolute atomic E-state index is 13.0. The number of aromatic hydroxyl groups is 1. The largest absolute Gasteiger partial charge is 0.503 e. The van der Waals surface area contributed by atoms with Gasteiger partial charge in [0.2, 0.25) is 5.43 Å². The van der Waals surface area contributed by atoms with E-state index in [1.165, 1.54) is 22.9 Å². The van der Waals surface area contributed by atoms with Crippen LogP contribution in [-0.2, 0) is 17.7 Å². The fourth-order valence-corrected chi connectivity index (χ4v) is 4.07. The number of carbonyl (C=O) groups is 2. The Kier molecular flexibility index (Phi) is 7.13. The number of halogens is 1. The number of aromatic nitrogens is 1. The smallest absolute Gasteiger partial charge is 0.276 e. The number of aryl methyl sites for hydroxylation is 1. The topological polar surface area (TPSA) is 88.8 Å². The molecule has 0 spiro atoms. The summed E-state index contributed by atoms with van der Waals surface area (Å²) in [5, 5.41) is 10.5. The first-order chi connectivity index (χ1) is 15.3. The second-order valence-corrected chi connectivity index (χ2v) is 8.08. The fraction of sp³-hybridized carbons (Fsp3) is 0.458. The van der Waals surface area contributed by atoms with Gasteiger partial charge in [0.05, 0.1) is 24.8 Å². The van der Waals surface area contributed by atoms with Crippen molar-refractivity contribution < 1.29 is 23.8 Å². The van der Waals surface area contributed by atoms with E-state index >= 15 is 0 Å². The summed E-state index contributed by atoms with van der Waals surface area (Å²) in [5.41, 5.74) is -0.365. The predicted molar refractivity (Wildman–Crippen MR) is 117 cm³/mol. The van der Waals surface area contributed by atoms with Gasteiger partial charge in [-0.25, -0.2) is 4.39 Å². The summed E-state index contributed by atoms with van der Waals surface area (Å²) >= 11 is 0. The average Bonchev–Trinajstić information content (AvgIpc) is 3.21. The van der Waals surface area contributed by atoms with Gasteiger partial charge >= 0.3 is 0 Å². The summed E-state index contributed by atoms with van der Waals surface area (Å²) < 4.78 is 20.2. The van der Waals surface area contributed by atoms with Crippen molar-refractivity contribution in [3.05, 3.63) is 63.3 Å². The van der Waals surface area contributed by atoms with Gasteiger partial charge in [0.15, 0.2) is 23.5 Å². The number of nitrogens with zero attached hydrogens (tertiary/aromatic N) is 2. The molecule has 0 saturated carbocycles. The zero-order chi connectivity index (χ0) is 23.6. The van der Waals surface area contributed by atoms with E-state index in [9.17, 15) is 23.9 Å². The Morgan fingerprint density at radius 1 is 1.22 bits per heavy atom. The zero-order valence-electron chi connectivity index (χ0n) is 18.8. The van der Waals surface area contributed by atoms with Crippen LogP contribution in [0.2, 0.25) is 0 Å². The molecular weight excluding hydrogens is 415 g/mol. The summed E-state index contributed by atoms with van der Waals surface area (Å²) in [6.45, 7) is 8.58. The third-order valence-corrected chi connectivity index (χ3v) is 5.80. The normalized spacial score (nSPS) is 19.3. The van der Waals surface area contributed by atoms with Crippen molar-refractivity contribution >= 4 is 11.7 Å². The van der Waals surface area contributed by atoms with E-state index in [1.54, 1.807) is 17.0 Å². The molecule has 0 radical (unpaired) electrons. The second kappa shape index (κ2) is 9.65. The minimum absolute atomic E-state index is 0.0229. The summed E-state index contributed by atoms with van der Waals surface area (Å²) in [4.78, 5) is 39.9. The number of ether oxygens (including phenoxy) is 1. The predicted octanol–water partition coefficient (Wildman–Crippen LogP) is 3.37. The van der Waals surface area contributed by atoms with Crippen molar-refractivity contribution in [2.45, 2.75) is 59.4 Å². The molecule has 172 valence electrons. The minimum atomic E-state index is -0.849. The van der Waals surface area contributed by atoms with Crippen molar-refractivity contribution in [3.63, 3.8) is 0 Å². The van der Waals surface area contributed by atoms with E-state index in [4.69, 9.17) is 4.74 Å². The molecule has 2 atom stereocenters. The second-order valence-electron chi connectivity index (χ2n) is 8.08. The molecular formula is C24H29FN2O5. The lowest BCUT2D eigenvalue weighted by molar-refractivity contribution is 0.00429. The molecule has 2 aliphatic rings. The van der Waals surface area contributed by atoms with Crippen LogP contribution in [0, 0.1) is 11.7 Å². The van der Waals surface area contributed by atoms with Crippen molar-refractivity contribution in [1.29, 1.82) is 0 Å². The quantitative estimate of drug-likeness (QED) is 0.715. The SMILES string of the molecule is CC.CC(C)[C@H]1CO[C@@H]2Cn3cc(C(=O)CCc4ccc(F)cc4)c(=O)c(O)c3C(=O)N12. The first-order valence-electron chi connectivity index (χ1n) is 11.0. The highest BCUT2D eigenvalue weighted by molar-refractivity contribution is 6.00. The van der Waals surface area contributed by atoms with Crippen molar-refractivity contribution in [2.24, 2.45) is 5.92 Å². The van der Waals surface area contributed by atoms with Gasteiger partial charge in [-0.15, -0.1) is 0 Å². The Morgan fingerprint density at radius 2 is 1.88 bits per heavy atom. The van der Waals surface area contributed by atoms with Crippen LogP contribution in [0.4, 0.5) is 4.39 Å². The molecule has 0 unspecified atom stereocenters. The van der Waals surface area contributed by atoms with Crippen molar-refractivity contribution in [3.8, 4) is 5.75 Å². The van der Waals surface area contributed by atoms with E-state index in [2.05, 4.69) is 0 Å². The molecule has 1 aromatic heterocycles. The lowest BCUT2D eigenvalue weighted by Crippen LogP contribution is -2.51. The average molecular weight is 445 g/mol. The molecule has 3 heterocycles. The summed E-state index contributed by atoms with van der Waals surface area (Å²) in [6, 6.07) is 5.64. The van der Waals surface area contributed by atoms with Gasteiger partial charge in [0.25, 0.3) is 5.91 Å². The highest BCUT2D eigenvalue weighted by Gasteiger charge is 2.45. The van der Waals surface area contributed by atoms with Crippen LogP contribution in [-0.4, -0.2) is 45.1 Å². The van der Waals surface area contributed by atoms with Crippen LogP contribution < -0.4 is 5.43 Å². The molecule has 1 fully saturated rings. The molecule has 1 saturated heterocycles. The standard InChI is InChI=1S/C22H23FN2O5.C2H6/c1-12(2)16-11-30-18-10-24-9-15(20(27)21(28)19(24)22(29)25(16)18)17(26)8-5-13-3-6-14(23)7-4-13;1-2/h3-4,6-7,9,12,16,18,28H,5,8,10-11H2,1-2H3;1-2H3/t16-,18-;/m1./s1. The van der Waals surface area contributed by atoms with Crippen LogP contribution in [0.15, 0.2) is 35.3 Å². The van der Waals surface area contributed by atoms with Crippen LogP contribution in [0.1, 0.15) is 60.5 Å².